The first-order valence-corrected chi connectivity index (χ1v) is 9.96. The van der Waals surface area contributed by atoms with E-state index in [-0.39, 0.29) is 4.91 Å². The molecule has 1 heterocycles. The average Bonchev–Trinajstić information content (AvgIpc) is 2.89. The van der Waals surface area contributed by atoms with Crippen LogP contribution in [0, 0.1) is 0 Å². The van der Waals surface area contributed by atoms with E-state index in [2.05, 4.69) is 15.9 Å². The lowest BCUT2D eigenvalue weighted by Gasteiger charge is -2.11. The monoisotopic (exact) mass is 481 g/mol. The van der Waals surface area contributed by atoms with Crippen LogP contribution in [0.15, 0.2) is 51.8 Å². The van der Waals surface area contributed by atoms with Crippen molar-refractivity contribution >= 4 is 62.5 Å². The Morgan fingerprint density at radius 1 is 1.21 bits per heavy atom. The van der Waals surface area contributed by atoms with Gasteiger partial charge < -0.3 is 9.84 Å². The molecule has 1 fully saturated rings. The van der Waals surface area contributed by atoms with Crippen molar-refractivity contribution in [1.82, 2.24) is 4.90 Å². The number of ether oxygens (including phenoxy) is 1. The van der Waals surface area contributed by atoms with Gasteiger partial charge in [-0.2, -0.15) is 0 Å². The molecule has 6 nitrogen and oxygen atoms in total. The van der Waals surface area contributed by atoms with Crippen LogP contribution in [0.2, 0.25) is 5.02 Å². The number of nitrogens with zero attached hydrogens (tertiary/aromatic N) is 1. The van der Waals surface area contributed by atoms with E-state index >= 15 is 0 Å². The van der Waals surface area contributed by atoms with Gasteiger partial charge in [0.25, 0.3) is 11.1 Å². The second kappa shape index (κ2) is 8.81. The Bertz CT molecular complexity index is 977. The van der Waals surface area contributed by atoms with Gasteiger partial charge in [-0.05, 0) is 53.7 Å². The molecule has 0 radical (unpaired) electrons. The molecule has 0 atom stereocenters. The third-order valence-corrected chi connectivity index (χ3v) is 5.39. The molecule has 9 heteroatoms. The van der Waals surface area contributed by atoms with E-state index in [1.807, 2.05) is 12.1 Å². The molecule has 0 unspecified atom stereocenters. The van der Waals surface area contributed by atoms with Crippen LogP contribution in [0.5, 0.6) is 5.75 Å². The van der Waals surface area contributed by atoms with Gasteiger partial charge in [0, 0.05) is 15.1 Å². The molecule has 1 aliphatic heterocycles. The summed E-state index contributed by atoms with van der Waals surface area (Å²) in [6.07, 6.45) is 1.52. The molecule has 0 aliphatic carbocycles. The number of carbonyl (C=O) groups excluding carboxylic acids is 2. The smallest absolute Gasteiger partial charge is 0.323 e. The number of thioether (sulfide) groups is 1. The highest BCUT2D eigenvalue weighted by Gasteiger charge is 2.36. The average molecular weight is 483 g/mol. The Balaban J connectivity index is 1.83. The van der Waals surface area contributed by atoms with Gasteiger partial charge in [0.15, 0.2) is 0 Å². The summed E-state index contributed by atoms with van der Waals surface area (Å²) in [4.78, 5) is 36.0. The topological polar surface area (TPSA) is 83.9 Å². The first kappa shape index (κ1) is 20.4. The van der Waals surface area contributed by atoms with Crippen molar-refractivity contribution in [3.05, 3.63) is 68.0 Å². The van der Waals surface area contributed by atoms with E-state index in [4.69, 9.17) is 21.4 Å². The fourth-order valence-electron chi connectivity index (χ4n) is 2.42. The number of carboxylic acids is 1. The quantitative estimate of drug-likeness (QED) is 0.595. The summed E-state index contributed by atoms with van der Waals surface area (Å²) in [5.41, 5.74) is 1.50. The molecule has 3 rings (SSSR count). The van der Waals surface area contributed by atoms with E-state index in [9.17, 15) is 14.4 Å². The largest absolute Gasteiger partial charge is 0.488 e. The third kappa shape index (κ3) is 4.95. The van der Waals surface area contributed by atoms with Crippen LogP contribution in [0.3, 0.4) is 0 Å². The molecular weight excluding hydrogens is 470 g/mol. The number of rotatable bonds is 6. The summed E-state index contributed by atoms with van der Waals surface area (Å²) >= 11 is 9.95. The standard InChI is InChI=1S/C19H13BrClNO5S/c20-13-3-6-15(27-10-11-1-4-14(21)5-2-11)12(7-13)8-16-18(25)22(9-17(23)24)19(26)28-16/h1-8H,9-10H2,(H,23,24)/b16-8+. The van der Waals surface area contributed by atoms with Crippen molar-refractivity contribution < 1.29 is 24.2 Å². The molecule has 28 heavy (non-hydrogen) atoms. The summed E-state index contributed by atoms with van der Waals surface area (Å²) in [7, 11) is 0. The highest BCUT2D eigenvalue weighted by molar-refractivity contribution is 9.10. The number of hydrogen-bond acceptors (Lipinski definition) is 5. The van der Waals surface area contributed by atoms with Crippen molar-refractivity contribution in [3.63, 3.8) is 0 Å². The number of aliphatic carboxylic acids is 1. The van der Waals surface area contributed by atoms with Gasteiger partial charge >= 0.3 is 5.97 Å². The number of amides is 2. The van der Waals surface area contributed by atoms with Gasteiger partial charge in [0.05, 0.1) is 4.91 Å². The fraction of sp³-hybridized carbons (Fsp3) is 0.105. The zero-order valence-corrected chi connectivity index (χ0v) is 17.4. The van der Waals surface area contributed by atoms with Gasteiger partial charge in [-0.1, -0.05) is 39.7 Å². The predicted molar refractivity (Wildman–Crippen MR) is 110 cm³/mol. The SMILES string of the molecule is O=C(O)CN1C(=O)S/C(=C/c2cc(Br)ccc2OCc2ccc(Cl)cc2)C1=O. The molecule has 1 saturated heterocycles. The number of hydrogen-bond donors (Lipinski definition) is 1. The Morgan fingerprint density at radius 3 is 2.61 bits per heavy atom. The molecule has 0 bridgehead atoms. The molecule has 2 amide bonds. The molecule has 0 spiro atoms. The molecule has 1 N–H and O–H groups in total. The highest BCUT2D eigenvalue weighted by atomic mass is 79.9. The number of carbonyl (C=O) groups is 3. The Labute approximate surface area is 178 Å². The summed E-state index contributed by atoms with van der Waals surface area (Å²) in [6.45, 7) is -0.374. The summed E-state index contributed by atoms with van der Waals surface area (Å²) in [5, 5.41) is 8.87. The Kier molecular flexibility index (Phi) is 6.43. The maximum atomic E-state index is 12.4. The minimum Gasteiger partial charge on any atom is -0.488 e. The first-order chi connectivity index (χ1) is 13.3. The lowest BCUT2D eigenvalue weighted by Crippen LogP contribution is -2.33. The van der Waals surface area contributed by atoms with Crippen LogP contribution in [0.1, 0.15) is 11.1 Å². The zero-order chi connectivity index (χ0) is 20.3. The van der Waals surface area contributed by atoms with Crippen molar-refractivity contribution in [2.75, 3.05) is 6.54 Å². The zero-order valence-electron chi connectivity index (χ0n) is 14.2. The molecule has 144 valence electrons. The minimum atomic E-state index is -1.25. The molecule has 0 saturated carbocycles. The van der Waals surface area contributed by atoms with Crippen LogP contribution in [-0.4, -0.2) is 33.7 Å². The maximum Gasteiger partial charge on any atom is 0.323 e. The molecule has 2 aromatic carbocycles. The van der Waals surface area contributed by atoms with Crippen molar-refractivity contribution in [2.24, 2.45) is 0 Å². The van der Waals surface area contributed by atoms with Gasteiger partial charge in [0.1, 0.15) is 18.9 Å². The molecule has 2 aromatic rings. The van der Waals surface area contributed by atoms with E-state index in [1.165, 1.54) is 6.08 Å². The van der Waals surface area contributed by atoms with Crippen molar-refractivity contribution in [1.29, 1.82) is 0 Å². The number of benzene rings is 2. The van der Waals surface area contributed by atoms with Crippen LogP contribution < -0.4 is 4.74 Å². The van der Waals surface area contributed by atoms with Crippen molar-refractivity contribution in [2.45, 2.75) is 6.61 Å². The van der Waals surface area contributed by atoms with Crippen LogP contribution in [0.4, 0.5) is 4.79 Å². The summed E-state index contributed by atoms with van der Waals surface area (Å²) in [6, 6.07) is 12.5. The second-order valence-electron chi connectivity index (χ2n) is 5.76. The third-order valence-electron chi connectivity index (χ3n) is 3.73. The van der Waals surface area contributed by atoms with E-state index in [0.717, 1.165) is 10.0 Å². The summed E-state index contributed by atoms with van der Waals surface area (Å²) in [5.74, 6) is -1.37. The van der Waals surface area contributed by atoms with Gasteiger partial charge in [-0.25, -0.2) is 0 Å². The number of imide groups is 1. The normalized spacial score (nSPS) is 15.4. The first-order valence-electron chi connectivity index (χ1n) is 7.97. The fourth-order valence-corrected chi connectivity index (χ4v) is 3.75. The second-order valence-corrected chi connectivity index (χ2v) is 8.10. The minimum absolute atomic E-state index is 0.140. The van der Waals surface area contributed by atoms with Crippen LogP contribution >= 0.6 is 39.3 Å². The Morgan fingerprint density at radius 2 is 1.93 bits per heavy atom. The lowest BCUT2D eigenvalue weighted by atomic mass is 10.1. The maximum absolute atomic E-state index is 12.4. The van der Waals surface area contributed by atoms with Crippen LogP contribution in [-0.2, 0) is 16.2 Å². The van der Waals surface area contributed by atoms with Gasteiger partial charge in [-0.3, -0.25) is 19.3 Å². The summed E-state index contributed by atoms with van der Waals surface area (Å²) < 4.78 is 6.63. The van der Waals surface area contributed by atoms with E-state index < -0.39 is 23.7 Å². The van der Waals surface area contributed by atoms with Crippen LogP contribution in [0.25, 0.3) is 6.08 Å². The molecule has 1 aliphatic rings. The molecular formula is C19H13BrClNO5S. The van der Waals surface area contributed by atoms with E-state index in [0.29, 0.717) is 39.6 Å². The predicted octanol–water partition coefficient (Wildman–Crippen LogP) is 4.80. The number of carboxylic acid groups (broad SMARTS) is 1. The Hall–Kier alpha value is -2.29. The van der Waals surface area contributed by atoms with Gasteiger partial charge in [-0.15, -0.1) is 0 Å². The lowest BCUT2D eigenvalue weighted by molar-refractivity contribution is -0.140. The number of halogens is 2. The highest BCUT2D eigenvalue weighted by Crippen LogP contribution is 2.35. The van der Waals surface area contributed by atoms with Crippen molar-refractivity contribution in [3.8, 4) is 5.75 Å². The van der Waals surface area contributed by atoms with E-state index in [1.54, 1.807) is 30.3 Å². The van der Waals surface area contributed by atoms with Gasteiger partial charge in [0.2, 0.25) is 0 Å². The molecule has 0 aromatic heterocycles.